The number of hydrogen-bond donors (Lipinski definition) is 3. The molecular weight excluding hydrogens is 511 g/mol. The van der Waals surface area contributed by atoms with E-state index in [-0.39, 0.29) is 25.2 Å². The van der Waals surface area contributed by atoms with Crippen LogP contribution in [0.1, 0.15) is 53.2 Å². The van der Waals surface area contributed by atoms with Crippen LogP contribution >= 0.6 is 0 Å². The van der Waals surface area contributed by atoms with Crippen LogP contribution in [0, 0.1) is 0 Å². The van der Waals surface area contributed by atoms with Gasteiger partial charge in [-0.25, -0.2) is 4.79 Å². The molecule has 0 fully saturated rings. The van der Waals surface area contributed by atoms with Gasteiger partial charge in [0.15, 0.2) is 0 Å². The lowest BCUT2D eigenvalue weighted by atomic mass is 10.1. The van der Waals surface area contributed by atoms with Crippen molar-refractivity contribution in [1.29, 1.82) is 0 Å². The Bertz CT molecular complexity index is 1260. The maximum absolute atomic E-state index is 13.3. The number of anilines is 2. The van der Waals surface area contributed by atoms with Gasteiger partial charge in [-0.15, -0.1) is 0 Å². The van der Waals surface area contributed by atoms with Gasteiger partial charge in [0.1, 0.15) is 0 Å². The fourth-order valence-corrected chi connectivity index (χ4v) is 3.77. The maximum atomic E-state index is 13.3. The minimum Gasteiger partial charge on any atom is -0.481 e. The first-order valence-corrected chi connectivity index (χ1v) is 12.5. The average Bonchev–Trinajstić information content (AvgIpc) is 2.91. The molecule has 0 radical (unpaired) electrons. The summed E-state index contributed by atoms with van der Waals surface area (Å²) in [5, 5.41) is 14.0. The van der Waals surface area contributed by atoms with E-state index in [1.165, 1.54) is 29.2 Å². The zero-order chi connectivity index (χ0) is 28.4. The third-order valence-corrected chi connectivity index (χ3v) is 5.96. The number of carbonyl (C=O) groups excluding carboxylic acids is 2. The van der Waals surface area contributed by atoms with Crippen molar-refractivity contribution in [3.05, 3.63) is 95.1 Å². The molecule has 0 saturated heterocycles. The molecule has 0 heterocycles. The molecule has 7 nitrogen and oxygen atoms in total. The summed E-state index contributed by atoms with van der Waals surface area (Å²) in [4.78, 5) is 37.4. The lowest BCUT2D eigenvalue weighted by molar-refractivity contribution is -0.138. The van der Waals surface area contributed by atoms with Gasteiger partial charge in [0.05, 0.1) is 18.5 Å². The third-order valence-electron chi connectivity index (χ3n) is 5.96. The van der Waals surface area contributed by atoms with Crippen molar-refractivity contribution in [2.45, 2.75) is 45.3 Å². The van der Waals surface area contributed by atoms with E-state index in [1.807, 2.05) is 12.1 Å². The quantitative estimate of drug-likeness (QED) is 0.258. The molecule has 3 aromatic carbocycles. The monoisotopic (exact) mass is 541 g/mol. The molecule has 0 unspecified atom stereocenters. The van der Waals surface area contributed by atoms with Crippen molar-refractivity contribution in [2.75, 3.05) is 16.8 Å². The van der Waals surface area contributed by atoms with Gasteiger partial charge < -0.3 is 15.7 Å². The average molecular weight is 542 g/mol. The van der Waals surface area contributed by atoms with Crippen molar-refractivity contribution >= 4 is 29.3 Å². The van der Waals surface area contributed by atoms with Gasteiger partial charge in [0, 0.05) is 23.5 Å². The van der Waals surface area contributed by atoms with E-state index in [0.717, 1.165) is 37.0 Å². The fraction of sp³-hybridized carbons (Fsp3) is 0.276. The lowest BCUT2D eigenvalue weighted by Crippen LogP contribution is -2.34. The smallest absolute Gasteiger partial charge is 0.416 e. The second-order valence-corrected chi connectivity index (χ2v) is 8.96. The van der Waals surface area contributed by atoms with Crippen LogP contribution in [0.3, 0.4) is 0 Å². The zero-order valence-corrected chi connectivity index (χ0v) is 21.4. The number of aryl methyl sites for hydroxylation is 1. The van der Waals surface area contributed by atoms with E-state index in [2.05, 4.69) is 17.6 Å². The third kappa shape index (κ3) is 8.87. The number of nitrogens with one attached hydrogen (secondary N) is 2. The predicted molar refractivity (Wildman–Crippen MR) is 143 cm³/mol. The summed E-state index contributed by atoms with van der Waals surface area (Å²) in [5.74, 6) is -1.47. The number of hydrogen-bond acceptors (Lipinski definition) is 3. The first-order valence-electron chi connectivity index (χ1n) is 12.5. The number of rotatable bonds is 11. The largest absolute Gasteiger partial charge is 0.481 e. The van der Waals surface area contributed by atoms with Crippen molar-refractivity contribution in [3.8, 4) is 0 Å². The van der Waals surface area contributed by atoms with Gasteiger partial charge in [-0.2, -0.15) is 13.2 Å². The number of amides is 3. The first-order chi connectivity index (χ1) is 18.6. The highest BCUT2D eigenvalue weighted by atomic mass is 19.4. The summed E-state index contributed by atoms with van der Waals surface area (Å²) in [6.07, 6.45) is -1.67. The van der Waals surface area contributed by atoms with Gasteiger partial charge in [-0.05, 0) is 72.5 Å². The Balaban J connectivity index is 1.78. The minimum atomic E-state index is -4.51. The highest BCUT2D eigenvalue weighted by Gasteiger charge is 2.30. The van der Waals surface area contributed by atoms with E-state index in [4.69, 9.17) is 5.11 Å². The molecule has 0 aromatic heterocycles. The molecule has 0 bridgehead atoms. The molecular formula is C29H30F3N3O4. The van der Waals surface area contributed by atoms with Gasteiger partial charge in [-0.3, -0.25) is 14.5 Å². The Morgan fingerprint density at radius 2 is 1.49 bits per heavy atom. The standard InChI is InChI=1S/C29H30F3N3O4/c1-2-3-4-20-7-13-24(14-8-20)34-28(39)35(25-15-11-23(12-16-25)29(30,31)32)19-21-5-9-22(10-6-21)27(38)33-18-17-26(36)37/h5-16H,2-4,17-19H2,1H3,(H,33,38)(H,34,39)(H,36,37). The SMILES string of the molecule is CCCCc1ccc(NC(=O)N(Cc2ccc(C(=O)NCCC(=O)O)cc2)c2ccc(C(F)(F)F)cc2)cc1. The summed E-state index contributed by atoms with van der Waals surface area (Å²) in [7, 11) is 0. The Kier molecular flexibility index (Phi) is 10.1. The van der Waals surface area contributed by atoms with Crippen LogP contribution in [0.2, 0.25) is 0 Å². The first kappa shape index (κ1) is 29.2. The molecule has 3 aromatic rings. The number of unbranched alkanes of at least 4 members (excludes halogenated alkanes) is 1. The van der Waals surface area contributed by atoms with E-state index in [1.54, 1.807) is 24.3 Å². The van der Waals surface area contributed by atoms with Crippen molar-refractivity contribution in [2.24, 2.45) is 0 Å². The van der Waals surface area contributed by atoms with Gasteiger partial charge in [0.25, 0.3) is 5.91 Å². The van der Waals surface area contributed by atoms with Gasteiger partial charge in [-0.1, -0.05) is 37.6 Å². The molecule has 0 aliphatic rings. The molecule has 0 aliphatic carbocycles. The number of aliphatic carboxylic acids is 1. The Labute approximate surface area is 224 Å². The van der Waals surface area contributed by atoms with Crippen LogP contribution in [0.4, 0.5) is 29.3 Å². The highest BCUT2D eigenvalue weighted by molar-refractivity contribution is 6.01. The second kappa shape index (κ2) is 13.5. The number of carboxylic acids is 1. The number of halogens is 3. The number of alkyl halides is 3. The molecule has 0 saturated carbocycles. The summed E-state index contributed by atoms with van der Waals surface area (Å²) >= 11 is 0. The molecule has 0 aliphatic heterocycles. The normalized spacial score (nSPS) is 11.1. The van der Waals surface area contributed by atoms with Crippen LogP contribution in [0.25, 0.3) is 0 Å². The number of carboxylic acid groups (broad SMARTS) is 1. The summed E-state index contributed by atoms with van der Waals surface area (Å²) < 4.78 is 39.3. The highest BCUT2D eigenvalue weighted by Crippen LogP contribution is 2.31. The van der Waals surface area contributed by atoms with Crippen LogP contribution in [-0.4, -0.2) is 29.6 Å². The van der Waals surface area contributed by atoms with Crippen LogP contribution < -0.4 is 15.5 Å². The molecule has 10 heteroatoms. The number of urea groups is 1. The predicted octanol–water partition coefficient (Wildman–Crippen LogP) is 6.49. The molecule has 3 rings (SSSR count). The number of carbonyl (C=O) groups is 3. The number of benzene rings is 3. The second-order valence-electron chi connectivity index (χ2n) is 8.96. The molecule has 0 atom stereocenters. The Morgan fingerprint density at radius 3 is 2.05 bits per heavy atom. The van der Waals surface area contributed by atoms with Crippen molar-refractivity contribution < 1.29 is 32.7 Å². The molecule has 206 valence electrons. The van der Waals surface area contributed by atoms with Crippen LogP contribution in [-0.2, 0) is 23.9 Å². The topological polar surface area (TPSA) is 98.7 Å². The van der Waals surface area contributed by atoms with Crippen LogP contribution in [0.5, 0.6) is 0 Å². The van der Waals surface area contributed by atoms with E-state index in [9.17, 15) is 27.6 Å². The minimum absolute atomic E-state index is 0.0165. The van der Waals surface area contributed by atoms with E-state index in [0.29, 0.717) is 16.8 Å². The summed E-state index contributed by atoms with van der Waals surface area (Å²) in [6.45, 7) is 2.11. The fourth-order valence-electron chi connectivity index (χ4n) is 3.77. The molecule has 3 amide bonds. The van der Waals surface area contributed by atoms with E-state index < -0.39 is 29.6 Å². The van der Waals surface area contributed by atoms with Gasteiger partial charge in [0.2, 0.25) is 0 Å². The molecule has 39 heavy (non-hydrogen) atoms. The van der Waals surface area contributed by atoms with Crippen LogP contribution in [0.15, 0.2) is 72.8 Å². The van der Waals surface area contributed by atoms with Crippen molar-refractivity contribution in [1.82, 2.24) is 5.32 Å². The zero-order valence-electron chi connectivity index (χ0n) is 21.4. The Hall–Kier alpha value is -4.34. The van der Waals surface area contributed by atoms with Gasteiger partial charge >= 0.3 is 18.2 Å². The van der Waals surface area contributed by atoms with E-state index >= 15 is 0 Å². The number of nitrogens with zero attached hydrogens (tertiary/aromatic N) is 1. The lowest BCUT2D eigenvalue weighted by Gasteiger charge is -2.24. The summed E-state index contributed by atoms with van der Waals surface area (Å²) in [5.41, 5.74) is 2.05. The molecule has 3 N–H and O–H groups in total. The van der Waals surface area contributed by atoms with Crippen molar-refractivity contribution in [3.63, 3.8) is 0 Å². The molecule has 0 spiro atoms. The maximum Gasteiger partial charge on any atom is 0.416 e. The summed E-state index contributed by atoms with van der Waals surface area (Å²) in [6, 6.07) is 17.5. The Morgan fingerprint density at radius 1 is 0.872 bits per heavy atom.